The first-order valence-corrected chi connectivity index (χ1v) is 7.67. The van der Waals surface area contributed by atoms with Gasteiger partial charge in [0.25, 0.3) is 5.91 Å². The van der Waals surface area contributed by atoms with Crippen LogP contribution in [0.15, 0.2) is 54.2 Å². The number of carbonyl (C=O) groups is 1. The summed E-state index contributed by atoms with van der Waals surface area (Å²) in [6.07, 6.45) is 6.21. The fourth-order valence-electron chi connectivity index (χ4n) is 2.67. The van der Waals surface area contributed by atoms with E-state index in [-0.39, 0.29) is 5.91 Å². The maximum Gasteiger partial charge on any atom is 0.253 e. The van der Waals surface area contributed by atoms with Crippen molar-refractivity contribution >= 4 is 5.91 Å². The molecule has 0 fully saturated rings. The number of rotatable bonds is 4. The predicted octanol–water partition coefficient (Wildman–Crippen LogP) is 2.73. The van der Waals surface area contributed by atoms with Crippen molar-refractivity contribution in [2.75, 3.05) is 7.05 Å². The van der Waals surface area contributed by atoms with E-state index in [1.54, 1.807) is 30.5 Å². The van der Waals surface area contributed by atoms with Crippen molar-refractivity contribution in [3.05, 3.63) is 65.4 Å². The van der Waals surface area contributed by atoms with E-state index in [4.69, 9.17) is 4.74 Å². The molecule has 1 aromatic carbocycles. The lowest BCUT2D eigenvalue weighted by Crippen LogP contribution is -2.31. The summed E-state index contributed by atoms with van der Waals surface area (Å²) in [5.74, 6) is 1.57. The highest BCUT2D eigenvalue weighted by Gasteiger charge is 2.25. The van der Waals surface area contributed by atoms with Gasteiger partial charge in [0.15, 0.2) is 0 Å². The first-order valence-electron chi connectivity index (χ1n) is 7.67. The Morgan fingerprint density at radius 3 is 2.87 bits per heavy atom. The molecule has 0 atom stereocenters. The molecule has 0 bridgehead atoms. The largest absolute Gasteiger partial charge is 0.461 e. The van der Waals surface area contributed by atoms with Crippen LogP contribution in [0.1, 0.15) is 24.6 Å². The van der Waals surface area contributed by atoms with Crippen molar-refractivity contribution in [3.8, 4) is 5.75 Å². The van der Waals surface area contributed by atoms with Crippen LogP contribution in [0.25, 0.3) is 0 Å². The molecule has 0 saturated heterocycles. The molecule has 2 aromatic rings. The van der Waals surface area contributed by atoms with E-state index >= 15 is 0 Å². The van der Waals surface area contributed by atoms with Crippen molar-refractivity contribution in [2.24, 2.45) is 0 Å². The van der Waals surface area contributed by atoms with Crippen LogP contribution in [0.2, 0.25) is 0 Å². The van der Waals surface area contributed by atoms with Gasteiger partial charge in [0.2, 0.25) is 0 Å². The molecule has 1 amide bonds. The maximum absolute atomic E-state index is 12.8. The number of aromatic nitrogens is 2. The number of amides is 1. The van der Waals surface area contributed by atoms with Crippen LogP contribution >= 0.6 is 0 Å². The third kappa shape index (κ3) is 3.23. The van der Waals surface area contributed by atoms with Gasteiger partial charge in [-0.15, -0.1) is 0 Å². The van der Waals surface area contributed by atoms with Crippen LogP contribution in [0, 0.1) is 0 Å². The van der Waals surface area contributed by atoms with Gasteiger partial charge in [0, 0.05) is 32.3 Å². The SMILES string of the molecule is CCC1=C(C(=O)N(C)Cc2cnccn2)Cc2ccccc2O1. The van der Waals surface area contributed by atoms with E-state index in [9.17, 15) is 4.79 Å². The first-order chi connectivity index (χ1) is 11.2. The van der Waals surface area contributed by atoms with Crippen molar-refractivity contribution in [1.29, 1.82) is 0 Å². The molecule has 118 valence electrons. The van der Waals surface area contributed by atoms with Gasteiger partial charge < -0.3 is 9.64 Å². The summed E-state index contributed by atoms with van der Waals surface area (Å²) in [5.41, 5.74) is 2.53. The topological polar surface area (TPSA) is 55.3 Å². The van der Waals surface area contributed by atoms with Crippen LogP contribution in [0.5, 0.6) is 5.75 Å². The van der Waals surface area contributed by atoms with E-state index in [1.807, 2.05) is 31.2 Å². The number of hydrogen-bond donors (Lipinski definition) is 0. The summed E-state index contributed by atoms with van der Waals surface area (Å²) in [7, 11) is 1.78. The number of benzene rings is 1. The standard InChI is InChI=1S/C18H19N3O2/c1-3-16-15(10-13-6-4-5-7-17(13)23-16)18(22)21(2)12-14-11-19-8-9-20-14/h4-9,11H,3,10,12H2,1-2H3. The molecule has 0 saturated carbocycles. The molecule has 0 aliphatic carbocycles. The number of para-hydroxylation sites is 1. The zero-order valence-electron chi connectivity index (χ0n) is 13.3. The van der Waals surface area contributed by atoms with Gasteiger partial charge in [-0.1, -0.05) is 25.1 Å². The molecule has 5 nitrogen and oxygen atoms in total. The van der Waals surface area contributed by atoms with Crippen LogP contribution < -0.4 is 4.74 Å². The molecule has 1 aliphatic heterocycles. The molecule has 1 aliphatic rings. The smallest absolute Gasteiger partial charge is 0.253 e. The normalized spacial score (nSPS) is 13.3. The lowest BCUT2D eigenvalue weighted by Gasteiger charge is -2.25. The fraction of sp³-hybridized carbons (Fsp3) is 0.278. The summed E-state index contributed by atoms with van der Waals surface area (Å²) in [4.78, 5) is 22.7. The number of likely N-dealkylation sites (N-methyl/N-ethyl adjacent to an activating group) is 1. The van der Waals surface area contributed by atoms with Gasteiger partial charge in [-0.05, 0) is 11.6 Å². The van der Waals surface area contributed by atoms with Crippen LogP contribution in [0.4, 0.5) is 0 Å². The second-order valence-electron chi connectivity index (χ2n) is 5.50. The predicted molar refractivity (Wildman–Crippen MR) is 86.6 cm³/mol. The second kappa shape index (κ2) is 6.60. The number of hydrogen-bond acceptors (Lipinski definition) is 4. The van der Waals surface area contributed by atoms with Gasteiger partial charge in [-0.25, -0.2) is 0 Å². The fourth-order valence-corrected chi connectivity index (χ4v) is 2.67. The Morgan fingerprint density at radius 2 is 2.13 bits per heavy atom. The summed E-state index contributed by atoms with van der Waals surface area (Å²) in [6, 6.07) is 7.84. The van der Waals surface area contributed by atoms with Crippen LogP contribution in [0.3, 0.4) is 0 Å². The number of allylic oxidation sites excluding steroid dienone is 1. The highest BCUT2D eigenvalue weighted by atomic mass is 16.5. The number of ether oxygens (including phenoxy) is 1. The molecule has 0 N–H and O–H groups in total. The number of nitrogens with zero attached hydrogens (tertiary/aromatic N) is 3. The Morgan fingerprint density at radius 1 is 1.30 bits per heavy atom. The Hall–Kier alpha value is -2.69. The van der Waals surface area contributed by atoms with Gasteiger partial charge in [0.1, 0.15) is 11.5 Å². The van der Waals surface area contributed by atoms with Crippen molar-refractivity contribution in [2.45, 2.75) is 26.3 Å². The molecular weight excluding hydrogens is 290 g/mol. The molecule has 0 spiro atoms. The van der Waals surface area contributed by atoms with Crippen LogP contribution in [-0.2, 0) is 17.8 Å². The molecule has 3 rings (SSSR count). The Kier molecular flexibility index (Phi) is 4.37. The van der Waals surface area contributed by atoms with Gasteiger partial charge in [-0.2, -0.15) is 0 Å². The quantitative estimate of drug-likeness (QED) is 0.871. The zero-order chi connectivity index (χ0) is 16.2. The monoisotopic (exact) mass is 309 g/mol. The van der Waals surface area contributed by atoms with Crippen LogP contribution in [-0.4, -0.2) is 27.8 Å². The highest BCUT2D eigenvalue weighted by molar-refractivity contribution is 5.94. The van der Waals surface area contributed by atoms with Gasteiger partial charge >= 0.3 is 0 Å². The third-order valence-electron chi connectivity index (χ3n) is 3.85. The van der Waals surface area contributed by atoms with Gasteiger partial charge in [-0.3, -0.25) is 14.8 Å². The highest BCUT2D eigenvalue weighted by Crippen LogP contribution is 2.31. The first kappa shape index (κ1) is 15.2. The average Bonchev–Trinajstić information content (AvgIpc) is 2.60. The van der Waals surface area contributed by atoms with E-state index in [0.29, 0.717) is 19.4 Å². The zero-order valence-corrected chi connectivity index (χ0v) is 13.3. The summed E-state index contributed by atoms with van der Waals surface area (Å²) < 4.78 is 5.92. The minimum Gasteiger partial charge on any atom is -0.461 e. The molecule has 1 aromatic heterocycles. The Labute approximate surface area is 135 Å². The van der Waals surface area contributed by atoms with E-state index in [1.165, 1.54) is 0 Å². The van der Waals surface area contributed by atoms with E-state index < -0.39 is 0 Å². The Balaban J connectivity index is 1.81. The minimum absolute atomic E-state index is 0.0259. The Bertz CT molecular complexity index is 741. The maximum atomic E-state index is 12.8. The summed E-state index contributed by atoms with van der Waals surface area (Å²) in [5, 5.41) is 0. The lowest BCUT2D eigenvalue weighted by atomic mass is 9.98. The molecule has 2 heterocycles. The summed E-state index contributed by atoms with van der Waals surface area (Å²) in [6.45, 7) is 2.42. The second-order valence-corrected chi connectivity index (χ2v) is 5.50. The van der Waals surface area contributed by atoms with E-state index in [2.05, 4.69) is 9.97 Å². The molecular formula is C18H19N3O2. The van der Waals surface area contributed by atoms with Gasteiger partial charge in [0.05, 0.1) is 24.0 Å². The molecule has 23 heavy (non-hydrogen) atoms. The van der Waals surface area contributed by atoms with Crippen molar-refractivity contribution < 1.29 is 9.53 Å². The molecule has 0 unspecified atom stereocenters. The third-order valence-corrected chi connectivity index (χ3v) is 3.85. The minimum atomic E-state index is -0.0259. The van der Waals surface area contributed by atoms with Crippen molar-refractivity contribution in [3.63, 3.8) is 0 Å². The lowest BCUT2D eigenvalue weighted by molar-refractivity contribution is -0.126. The van der Waals surface area contributed by atoms with Crippen molar-refractivity contribution in [1.82, 2.24) is 14.9 Å². The number of fused-ring (bicyclic) bond motifs is 1. The molecule has 0 radical (unpaired) electrons. The average molecular weight is 309 g/mol. The number of carbonyl (C=O) groups excluding carboxylic acids is 1. The summed E-state index contributed by atoms with van der Waals surface area (Å²) >= 11 is 0. The van der Waals surface area contributed by atoms with E-state index in [0.717, 1.165) is 28.3 Å². The molecule has 5 heteroatoms.